The molecule has 0 saturated heterocycles. The molecule has 0 aliphatic rings. The lowest BCUT2D eigenvalue weighted by Gasteiger charge is -1.92. The van der Waals surface area contributed by atoms with Crippen LogP contribution in [0.25, 0.3) is 0 Å². The highest BCUT2D eigenvalue weighted by atomic mass is 32.2. The number of thioether (sulfide) groups is 1. The first kappa shape index (κ1) is 8.74. The minimum absolute atomic E-state index is 0.234. The Morgan fingerprint density at radius 3 is 3.18 bits per heavy atom. The molecule has 11 heavy (non-hydrogen) atoms. The van der Waals surface area contributed by atoms with Gasteiger partial charge in [0, 0.05) is 17.6 Å². The number of nitrogens with zero attached hydrogens (tertiary/aromatic N) is 1. The standard InChI is InChI=1S/C7H9NOS2/c1-2-7(9)10-5-6-3-4-11-8-6/h3-4H,2,5H2,1H3. The Hall–Kier alpha value is -0.350. The van der Waals surface area contributed by atoms with Crippen molar-refractivity contribution in [2.45, 2.75) is 19.1 Å². The van der Waals surface area contributed by atoms with Gasteiger partial charge in [0.2, 0.25) is 0 Å². The van der Waals surface area contributed by atoms with Crippen molar-refractivity contribution in [2.24, 2.45) is 0 Å². The third kappa shape index (κ3) is 3.03. The second-order valence-corrected chi connectivity index (χ2v) is 3.70. The molecular weight excluding hydrogens is 178 g/mol. The lowest BCUT2D eigenvalue weighted by molar-refractivity contribution is -0.110. The summed E-state index contributed by atoms with van der Waals surface area (Å²) in [6, 6.07) is 1.95. The van der Waals surface area contributed by atoms with Gasteiger partial charge in [-0.15, -0.1) is 0 Å². The molecule has 0 fully saturated rings. The number of carbonyl (C=O) groups excluding carboxylic acids is 1. The van der Waals surface area contributed by atoms with Gasteiger partial charge in [0.05, 0.1) is 5.69 Å². The van der Waals surface area contributed by atoms with Crippen LogP contribution in [0, 0.1) is 0 Å². The predicted octanol–water partition coefficient (Wildman–Crippen LogP) is 2.31. The molecule has 1 aromatic heterocycles. The van der Waals surface area contributed by atoms with Gasteiger partial charge in [-0.1, -0.05) is 18.7 Å². The van der Waals surface area contributed by atoms with Gasteiger partial charge < -0.3 is 0 Å². The molecule has 4 heteroatoms. The van der Waals surface area contributed by atoms with Gasteiger partial charge in [0.15, 0.2) is 5.12 Å². The molecule has 1 rings (SSSR count). The molecule has 0 aromatic carbocycles. The lowest BCUT2D eigenvalue weighted by Crippen LogP contribution is -1.88. The molecule has 60 valence electrons. The number of hydrogen-bond acceptors (Lipinski definition) is 4. The van der Waals surface area contributed by atoms with Crippen molar-refractivity contribution in [1.82, 2.24) is 4.37 Å². The zero-order valence-electron chi connectivity index (χ0n) is 6.24. The van der Waals surface area contributed by atoms with Crippen molar-refractivity contribution in [3.05, 3.63) is 17.1 Å². The van der Waals surface area contributed by atoms with Crippen LogP contribution >= 0.6 is 23.3 Å². The van der Waals surface area contributed by atoms with E-state index in [1.165, 1.54) is 23.3 Å². The maximum atomic E-state index is 10.8. The maximum absolute atomic E-state index is 10.8. The Balaban J connectivity index is 2.29. The van der Waals surface area contributed by atoms with E-state index in [0.717, 1.165) is 11.4 Å². The molecule has 0 atom stereocenters. The first-order valence-corrected chi connectivity index (χ1v) is 5.20. The van der Waals surface area contributed by atoms with Crippen molar-refractivity contribution >= 4 is 28.4 Å². The molecule has 1 heterocycles. The average Bonchev–Trinajstić information content (AvgIpc) is 2.52. The summed E-state index contributed by atoms with van der Waals surface area (Å²) in [5.74, 6) is 0.718. The maximum Gasteiger partial charge on any atom is 0.189 e. The molecule has 0 saturated carbocycles. The van der Waals surface area contributed by atoms with Crippen LogP contribution in [0.1, 0.15) is 19.0 Å². The third-order valence-corrected chi connectivity index (χ3v) is 2.81. The molecule has 2 nitrogen and oxygen atoms in total. The van der Waals surface area contributed by atoms with Crippen molar-refractivity contribution in [3.63, 3.8) is 0 Å². The molecular formula is C7H9NOS2. The number of hydrogen-bond donors (Lipinski definition) is 0. The van der Waals surface area contributed by atoms with Crippen LogP contribution in [0.2, 0.25) is 0 Å². The number of carbonyl (C=O) groups is 1. The van der Waals surface area contributed by atoms with Crippen molar-refractivity contribution in [2.75, 3.05) is 0 Å². The predicted molar refractivity (Wildman–Crippen MR) is 48.7 cm³/mol. The molecule has 0 radical (unpaired) electrons. The first-order chi connectivity index (χ1) is 5.33. The normalized spacial score (nSPS) is 9.91. The van der Waals surface area contributed by atoms with E-state index in [-0.39, 0.29) is 5.12 Å². The van der Waals surface area contributed by atoms with Gasteiger partial charge in [-0.3, -0.25) is 4.79 Å². The van der Waals surface area contributed by atoms with Crippen LogP contribution in [-0.2, 0) is 10.5 Å². The monoisotopic (exact) mass is 187 g/mol. The van der Waals surface area contributed by atoms with Gasteiger partial charge in [-0.25, -0.2) is 0 Å². The van der Waals surface area contributed by atoms with Gasteiger partial charge in [0.1, 0.15) is 0 Å². The van der Waals surface area contributed by atoms with E-state index in [4.69, 9.17) is 0 Å². The lowest BCUT2D eigenvalue weighted by atomic mass is 10.5. The van der Waals surface area contributed by atoms with Gasteiger partial charge in [-0.05, 0) is 17.6 Å². The van der Waals surface area contributed by atoms with Crippen LogP contribution in [0.5, 0.6) is 0 Å². The van der Waals surface area contributed by atoms with E-state index >= 15 is 0 Å². The Morgan fingerprint density at radius 1 is 1.82 bits per heavy atom. The van der Waals surface area contributed by atoms with E-state index in [1.54, 1.807) is 0 Å². The summed E-state index contributed by atoms with van der Waals surface area (Å²) in [6.45, 7) is 1.87. The molecule has 0 bridgehead atoms. The zero-order valence-corrected chi connectivity index (χ0v) is 7.87. The summed E-state index contributed by atoms with van der Waals surface area (Å²) in [6.07, 6.45) is 0.606. The van der Waals surface area contributed by atoms with Crippen molar-refractivity contribution in [1.29, 1.82) is 0 Å². The fraction of sp³-hybridized carbons (Fsp3) is 0.429. The van der Waals surface area contributed by atoms with Crippen LogP contribution in [0.3, 0.4) is 0 Å². The molecule has 0 aliphatic heterocycles. The minimum Gasteiger partial charge on any atom is -0.287 e. The van der Waals surface area contributed by atoms with Gasteiger partial charge in [0.25, 0.3) is 0 Å². The van der Waals surface area contributed by atoms with E-state index < -0.39 is 0 Å². The Bertz CT molecular complexity index is 220. The molecule has 0 unspecified atom stereocenters. The van der Waals surface area contributed by atoms with E-state index in [1.807, 2.05) is 18.4 Å². The Kier molecular flexibility index (Phi) is 3.59. The van der Waals surface area contributed by atoms with E-state index in [9.17, 15) is 4.79 Å². The summed E-state index contributed by atoms with van der Waals surface area (Å²) < 4.78 is 4.09. The molecule has 0 amide bonds. The van der Waals surface area contributed by atoms with Crippen LogP contribution < -0.4 is 0 Å². The first-order valence-electron chi connectivity index (χ1n) is 3.38. The highest BCUT2D eigenvalue weighted by Crippen LogP contribution is 2.13. The molecule has 0 spiro atoms. The van der Waals surface area contributed by atoms with Crippen LogP contribution in [0.4, 0.5) is 0 Å². The van der Waals surface area contributed by atoms with E-state index in [2.05, 4.69) is 4.37 Å². The highest BCUT2D eigenvalue weighted by Gasteiger charge is 2.00. The topological polar surface area (TPSA) is 30.0 Å². The fourth-order valence-electron chi connectivity index (χ4n) is 0.568. The smallest absolute Gasteiger partial charge is 0.189 e. The highest BCUT2D eigenvalue weighted by molar-refractivity contribution is 8.12. The van der Waals surface area contributed by atoms with Crippen LogP contribution in [0.15, 0.2) is 11.4 Å². The summed E-state index contributed by atoms with van der Waals surface area (Å²) in [7, 11) is 0. The number of rotatable bonds is 3. The Labute approximate surface area is 74.2 Å². The van der Waals surface area contributed by atoms with Crippen LogP contribution in [-0.4, -0.2) is 9.49 Å². The summed E-state index contributed by atoms with van der Waals surface area (Å²) >= 11 is 2.76. The largest absolute Gasteiger partial charge is 0.287 e. The van der Waals surface area contributed by atoms with Crippen molar-refractivity contribution < 1.29 is 4.79 Å². The zero-order chi connectivity index (χ0) is 8.10. The number of aromatic nitrogens is 1. The van der Waals surface area contributed by atoms with Gasteiger partial charge >= 0.3 is 0 Å². The average molecular weight is 187 g/mol. The minimum atomic E-state index is 0.234. The molecule has 0 N–H and O–H groups in total. The van der Waals surface area contributed by atoms with Crippen molar-refractivity contribution in [3.8, 4) is 0 Å². The summed E-state index contributed by atoms with van der Waals surface area (Å²) in [5.41, 5.74) is 1.00. The summed E-state index contributed by atoms with van der Waals surface area (Å²) in [4.78, 5) is 10.8. The SMILES string of the molecule is CCC(=O)SCc1ccsn1. The summed E-state index contributed by atoms with van der Waals surface area (Å²) in [5, 5.41) is 2.16. The second kappa shape index (κ2) is 4.51. The molecule has 0 aliphatic carbocycles. The second-order valence-electron chi connectivity index (χ2n) is 2.01. The Morgan fingerprint density at radius 2 is 2.64 bits per heavy atom. The van der Waals surface area contributed by atoms with E-state index in [0.29, 0.717) is 6.42 Å². The third-order valence-electron chi connectivity index (χ3n) is 1.16. The quantitative estimate of drug-likeness (QED) is 0.727. The fourth-order valence-corrected chi connectivity index (χ4v) is 1.86. The van der Waals surface area contributed by atoms with Gasteiger partial charge in [-0.2, -0.15) is 4.37 Å². The molecule has 1 aromatic rings.